The summed E-state index contributed by atoms with van der Waals surface area (Å²) in [6.45, 7) is 5.06. The predicted molar refractivity (Wildman–Crippen MR) is 78.9 cm³/mol. The van der Waals surface area contributed by atoms with Crippen LogP contribution in [-0.4, -0.2) is 7.05 Å². The lowest BCUT2D eigenvalue weighted by Crippen LogP contribution is -2.16. The van der Waals surface area contributed by atoms with Crippen LogP contribution in [0.3, 0.4) is 0 Å². The second-order valence-electron chi connectivity index (χ2n) is 4.89. The Morgan fingerprint density at radius 2 is 1.83 bits per heavy atom. The topological polar surface area (TPSA) is 29.3 Å². The normalized spacial score (nSPS) is 10.4. The molecule has 2 aromatic carbocycles. The van der Waals surface area contributed by atoms with Crippen molar-refractivity contribution in [1.82, 2.24) is 0 Å². The van der Waals surface area contributed by atoms with Gasteiger partial charge in [-0.2, -0.15) is 0 Å². The summed E-state index contributed by atoms with van der Waals surface area (Å²) in [5.41, 5.74) is 11.6. The maximum absolute atomic E-state index is 5.84. The first kappa shape index (κ1) is 12.5. The zero-order chi connectivity index (χ0) is 13.1. The minimum atomic E-state index is 0.858. The Hall–Kier alpha value is -1.96. The van der Waals surface area contributed by atoms with Gasteiger partial charge < -0.3 is 10.6 Å². The van der Waals surface area contributed by atoms with Gasteiger partial charge in [0.05, 0.1) is 0 Å². The Kier molecular flexibility index (Phi) is 3.56. The summed E-state index contributed by atoms with van der Waals surface area (Å²) in [5.74, 6) is 0. The molecule has 0 aliphatic rings. The van der Waals surface area contributed by atoms with E-state index in [1.807, 2.05) is 13.0 Å². The van der Waals surface area contributed by atoms with Crippen LogP contribution >= 0.6 is 0 Å². The third kappa shape index (κ3) is 2.83. The minimum Gasteiger partial charge on any atom is -0.399 e. The molecule has 0 amide bonds. The number of benzene rings is 2. The van der Waals surface area contributed by atoms with Gasteiger partial charge in [-0.3, -0.25) is 0 Å². The number of anilines is 2. The van der Waals surface area contributed by atoms with Gasteiger partial charge in [0.2, 0.25) is 0 Å². The van der Waals surface area contributed by atoms with Crippen LogP contribution in [0.25, 0.3) is 0 Å². The molecule has 2 nitrogen and oxygen atoms in total. The molecule has 0 radical (unpaired) electrons. The van der Waals surface area contributed by atoms with Crippen LogP contribution in [0.15, 0.2) is 42.5 Å². The molecule has 0 atom stereocenters. The van der Waals surface area contributed by atoms with Crippen LogP contribution < -0.4 is 10.6 Å². The average molecular weight is 240 g/mol. The van der Waals surface area contributed by atoms with Crippen molar-refractivity contribution < 1.29 is 0 Å². The Morgan fingerprint density at radius 1 is 1.06 bits per heavy atom. The van der Waals surface area contributed by atoms with Crippen molar-refractivity contribution in [2.45, 2.75) is 20.4 Å². The van der Waals surface area contributed by atoms with Crippen molar-refractivity contribution in [3.05, 3.63) is 59.2 Å². The van der Waals surface area contributed by atoms with Crippen molar-refractivity contribution in [2.75, 3.05) is 17.7 Å². The van der Waals surface area contributed by atoms with E-state index in [0.29, 0.717) is 0 Å². The molecule has 0 aromatic heterocycles. The van der Waals surface area contributed by atoms with Crippen molar-refractivity contribution >= 4 is 11.4 Å². The lowest BCUT2D eigenvalue weighted by atomic mass is 10.1. The molecule has 0 unspecified atom stereocenters. The highest BCUT2D eigenvalue weighted by Crippen LogP contribution is 2.19. The van der Waals surface area contributed by atoms with Crippen molar-refractivity contribution in [2.24, 2.45) is 0 Å². The van der Waals surface area contributed by atoms with E-state index in [4.69, 9.17) is 5.73 Å². The molecule has 2 aromatic rings. The van der Waals surface area contributed by atoms with Gasteiger partial charge in [0, 0.05) is 25.0 Å². The van der Waals surface area contributed by atoms with Gasteiger partial charge in [-0.25, -0.2) is 0 Å². The number of hydrogen-bond acceptors (Lipinski definition) is 2. The van der Waals surface area contributed by atoms with Crippen LogP contribution in [0.4, 0.5) is 11.4 Å². The van der Waals surface area contributed by atoms with E-state index >= 15 is 0 Å². The van der Waals surface area contributed by atoms with E-state index in [0.717, 1.165) is 17.8 Å². The molecule has 0 aliphatic carbocycles. The SMILES string of the molecule is Cc1cccc(N(C)Cc2ccc(N)c(C)c2)c1. The van der Waals surface area contributed by atoms with Crippen LogP contribution in [0, 0.1) is 13.8 Å². The highest BCUT2D eigenvalue weighted by Gasteiger charge is 2.03. The fourth-order valence-corrected chi connectivity index (χ4v) is 2.07. The Balaban J connectivity index is 2.16. The summed E-state index contributed by atoms with van der Waals surface area (Å²) >= 11 is 0. The van der Waals surface area contributed by atoms with Gasteiger partial charge in [-0.15, -0.1) is 0 Å². The summed E-state index contributed by atoms with van der Waals surface area (Å²) in [4.78, 5) is 2.25. The summed E-state index contributed by atoms with van der Waals surface area (Å²) in [5, 5.41) is 0. The van der Waals surface area contributed by atoms with Crippen molar-refractivity contribution in [1.29, 1.82) is 0 Å². The van der Waals surface area contributed by atoms with Crippen LogP contribution in [0.5, 0.6) is 0 Å². The molecule has 0 spiro atoms. The molecule has 0 saturated carbocycles. The van der Waals surface area contributed by atoms with Crippen molar-refractivity contribution in [3.8, 4) is 0 Å². The first-order valence-electron chi connectivity index (χ1n) is 6.19. The van der Waals surface area contributed by atoms with E-state index < -0.39 is 0 Å². The first-order valence-corrected chi connectivity index (χ1v) is 6.19. The molecule has 0 saturated heterocycles. The van der Waals surface area contributed by atoms with E-state index in [9.17, 15) is 0 Å². The predicted octanol–water partition coefficient (Wildman–Crippen LogP) is 3.52. The molecule has 2 heteroatoms. The molecule has 0 aliphatic heterocycles. The van der Waals surface area contributed by atoms with E-state index in [1.165, 1.54) is 16.8 Å². The molecular weight excluding hydrogens is 220 g/mol. The second-order valence-corrected chi connectivity index (χ2v) is 4.89. The molecule has 0 fully saturated rings. The van der Waals surface area contributed by atoms with Gasteiger partial charge in [0.25, 0.3) is 0 Å². The largest absolute Gasteiger partial charge is 0.399 e. The third-order valence-electron chi connectivity index (χ3n) is 3.20. The summed E-state index contributed by atoms with van der Waals surface area (Å²) in [6, 6.07) is 14.8. The minimum absolute atomic E-state index is 0.858. The number of hydrogen-bond donors (Lipinski definition) is 1. The maximum atomic E-state index is 5.84. The third-order valence-corrected chi connectivity index (χ3v) is 3.20. The van der Waals surface area contributed by atoms with Gasteiger partial charge in [0.15, 0.2) is 0 Å². The molecule has 2 rings (SSSR count). The summed E-state index contributed by atoms with van der Waals surface area (Å²) < 4.78 is 0. The van der Waals surface area contributed by atoms with Gasteiger partial charge in [0.1, 0.15) is 0 Å². The lowest BCUT2D eigenvalue weighted by Gasteiger charge is -2.20. The smallest absolute Gasteiger partial charge is 0.0426 e. The summed E-state index contributed by atoms with van der Waals surface area (Å²) in [6.07, 6.45) is 0. The number of nitrogens with zero attached hydrogens (tertiary/aromatic N) is 1. The Morgan fingerprint density at radius 3 is 2.50 bits per heavy atom. The standard InChI is InChI=1S/C16H20N2/c1-12-5-4-6-15(9-12)18(3)11-14-7-8-16(17)13(2)10-14/h4-10H,11,17H2,1-3H3. The lowest BCUT2D eigenvalue weighted by molar-refractivity contribution is 0.921. The van der Waals surface area contributed by atoms with Crippen LogP contribution in [0.2, 0.25) is 0 Å². The average Bonchev–Trinajstić information content (AvgIpc) is 2.34. The van der Waals surface area contributed by atoms with E-state index in [2.05, 4.69) is 55.3 Å². The monoisotopic (exact) mass is 240 g/mol. The van der Waals surface area contributed by atoms with Gasteiger partial charge in [-0.05, 0) is 48.7 Å². The van der Waals surface area contributed by atoms with Crippen LogP contribution in [-0.2, 0) is 6.54 Å². The zero-order valence-corrected chi connectivity index (χ0v) is 11.3. The van der Waals surface area contributed by atoms with Gasteiger partial charge >= 0.3 is 0 Å². The fourth-order valence-electron chi connectivity index (χ4n) is 2.07. The number of nitrogen functional groups attached to an aromatic ring is 1. The number of nitrogens with two attached hydrogens (primary N) is 1. The maximum Gasteiger partial charge on any atom is 0.0426 e. The Bertz CT molecular complexity index is 547. The number of rotatable bonds is 3. The number of aryl methyl sites for hydroxylation is 2. The van der Waals surface area contributed by atoms with Gasteiger partial charge in [-0.1, -0.05) is 24.3 Å². The van der Waals surface area contributed by atoms with E-state index in [1.54, 1.807) is 0 Å². The quantitative estimate of drug-likeness (QED) is 0.832. The fraction of sp³-hybridized carbons (Fsp3) is 0.250. The molecule has 2 N–H and O–H groups in total. The molecule has 0 heterocycles. The highest BCUT2D eigenvalue weighted by molar-refractivity contribution is 5.51. The molecule has 0 bridgehead atoms. The zero-order valence-electron chi connectivity index (χ0n) is 11.3. The van der Waals surface area contributed by atoms with Crippen molar-refractivity contribution in [3.63, 3.8) is 0 Å². The summed E-state index contributed by atoms with van der Waals surface area (Å²) in [7, 11) is 2.11. The van der Waals surface area contributed by atoms with E-state index in [-0.39, 0.29) is 0 Å². The first-order chi connectivity index (χ1) is 8.56. The molecule has 94 valence electrons. The Labute approximate surface area is 109 Å². The molecular formula is C16H20N2. The molecule has 18 heavy (non-hydrogen) atoms. The van der Waals surface area contributed by atoms with Crippen LogP contribution in [0.1, 0.15) is 16.7 Å². The second kappa shape index (κ2) is 5.13. The highest BCUT2D eigenvalue weighted by atomic mass is 15.1.